The Bertz CT molecular complexity index is 1040. The number of carboxylic acids is 1. The van der Waals surface area contributed by atoms with Crippen LogP contribution in [0.25, 0.3) is 6.08 Å². The number of carbonyl (C=O) groups is 2. The number of carbonyl (C=O) groups excluding carboxylic acids is 1. The summed E-state index contributed by atoms with van der Waals surface area (Å²) in [5.41, 5.74) is 4.46. The summed E-state index contributed by atoms with van der Waals surface area (Å²) in [5, 5.41) is 9.46. The summed E-state index contributed by atoms with van der Waals surface area (Å²) in [6.45, 7) is 11.6. The molecule has 0 aliphatic carbocycles. The standard InChI is InChI=1S/C30H40O5/c1-21(2)11-7-8-14-25(29(32)33)15-9-12-22(3)13-10-17-30(6)18-16-26-20-27(34-24(5)31)19-23(4)28(26)35-30/h11,13,15-16,18-20H,7-10,12,14,17H2,1-6H3,(H,32,33)/b22-13+,25-15-. The largest absolute Gasteiger partial charge is 0.483 e. The van der Waals surface area contributed by atoms with Crippen LogP contribution >= 0.6 is 0 Å². The van der Waals surface area contributed by atoms with E-state index < -0.39 is 11.6 Å². The molecule has 0 aromatic heterocycles. The Morgan fingerprint density at radius 1 is 1.03 bits per heavy atom. The van der Waals surface area contributed by atoms with Crippen molar-refractivity contribution in [2.75, 3.05) is 0 Å². The Morgan fingerprint density at radius 3 is 2.43 bits per heavy atom. The van der Waals surface area contributed by atoms with Crippen LogP contribution in [0, 0.1) is 6.92 Å². The Labute approximate surface area is 210 Å². The smallest absolute Gasteiger partial charge is 0.331 e. The van der Waals surface area contributed by atoms with Crippen molar-refractivity contribution in [3.8, 4) is 11.5 Å². The third-order valence-electron chi connectivity index (χ3n) is 6.03. The van der Waals surface area contributed by atoms with Gasteiger partial charge in [-0.3, -0.25) is 4.79 Å². The predicted octanol–water partition coefficient (Wildman–Crippen LogP) is 7.74. The average molecular weight is 481 g/mol. The van der Waals surface area contributed by atoms with Gasteiger partial charge in [0.15, 0.2) is 0 Å². The highest BCUT2D eigenvalue weighted by atomic mass is 16.5. The topological polar surface area (TPSA) is 72.8 Å². The first-order valence-electron chi connectivity index (χ1n) is 12.4. The lowest BCUT2D eigenvalue weighted by Gasteiger charge is -2.32. The summed E-state index contributed by atoms with van der Waals surface area (Å²) < 4.78 is 11.6. The second-order valence-electron chi connectivity index (χ2n) is 9.84. The molecule has 190 valence electrons. The van der Waals surface area contributed by atoms with Crippen molar-refractivity contribution in [3.05, 3.63) is 64.3 Å². The molecule has 1 heterocycles. The van der Waals surface area contributed by atoms with Gasteiger partial charge in [0.1, 0.15) is 17.1 Å². The van der Waals surface area contributed by atoms with Gasteiger partial charge in [-0.25, -0.2) is 4.79 Å². The summed E-state index contributed by atoms with van der Waals surface area (Å²) >= 11 is 0. The van der Waals surface area contributed by atoms with Crippen molar-refractivity contribution in [3.63, 3.8) is 0 Å². The van der Waals surface area contributed by atoms with Crippen molar-refractivity contribution >= 4 is 18.0 Å². The molecule has 0 saturated heterocycles. The maximum absolute atomic E-state index is 11.5. The predicted molar refractivity (Wildman–Crippen MR) is 142 cm³/mol. The van der Waals surface area contributed by atoms with E-state index in [4.69, 9.17) is 9.47 Å². The van der Waals surface area contributed by atoms with Gasteiger partial charge >= 0.3 is 11.9 Å². The number of allylic oxidation sites excluding steroid dienone is 5. The minimum absolute atomic E-state index is 0.341. The van der Waals surface area contributed by atoms with Crippen molar-refractivity contribution in [1.82, 2.24) is 0 Å². The van der Waals surface area contributed by atoms with E-state index in [1.54, 1.807) is 0 Å². The van der Waals surface area contributed by atoms with Crippen LogP contribution in [0.2, 0.25) is 0 Å². The number of fused-ring (bicyclic) bond motifs is 1. The zero-order valence-corrected chi connectivity index (χ0v) is 22.1. The minimum Gasteiger partial charge on any atom is -0.483 e. The number of ether oxygens (including phenoxy) is 2. The molecule has 0 saturated carbocycles. The molecule has 1 aromatic carbocycles. The second kappa shape index (κ2) is 13.1. The van der Waals surface area contributed by atoms with Crippen molar-refractivity contribution in [2.45, 2.75) is 92.1 Å². The fraction of sp³-hybridized carbons (Fsp3) is 0.467. The molecular weight excluding hydrogens is 440 g/mol. The van der Waals surface area contributed by atoms with Crippen LogP contribution in [-0.2, 0) is 9.59 Å². The third-order valence-corrected chi connectivity index (χ3v) is 6.03. The van der Waals surface area contributed by atoms with Gasteiger partial charge in [-0.05, 0) is 103 Å². The molecule has 1 aliphatic rings. The van der Waals surface area contributed by atoms with Gasteiger partial charge in [0, 0.05) is 18.1 Å². The molecule has 0 spiro atoms. The molecule has 0 amide bonds. The number of carboxylic acid groups (broad SMARTS) is 1. The molecule has 0 fully saturated rings. The summed E-state index contributed by atoms with van der Waals surface area (Å²) in [6, 6.07) is 3.65. The first-order valence-corrected chi connectivity index (χ1v) is 12.4. The Hall–Kier alpha value is -3.08. The molecule has 1 N–H and O–H groups in total. The van der Waals surface area contributed by atoms with Crippen LogP contribution in [-0.4, -0.2) is 22.6 Å². The average Bonchev–Trinajstić information content (AvgIpc) is 2.75. The van der Waals surface area contributed by atoms with Crippen LogP contribution in [0.15, 0.2) is 53.2 Å². The monoisotopic (exact) mass is 480 g/mol. The van der Waals surface area contributed by atoms with E-state index in [-0.39, 0.29) is 5.97 Å². The molecular formula is C30H40O5. The van der Waals surface area contributed by atoms with Crippen molar-refractivity contribution in [2.24, 2.45) is 0 Å². The van der Waals surface area contributed by atoms with Gasteiger partial charge in [-0.2, -0.15) is 0 Å². The van der Waals surface area contributed by atoms with E-state index in [9.17, 15) is 14.7 Å². The minimum atomic E-state index is -0.812. The van der Waals surface area contributed by atoms with Gasteiger partial charge in [-0.1, -0.05) is 35.5 Å². The van der Waals surface area contributed by atoms with Gasteiger partial charge in [-0.15, -0.1) is 0 Å². The third kappa shape index (κ3) is 9.59. The Kier molecular flexibility index (Phi) is 10.6. The van der Waals surface area contributed by atoms with Crippen molar-refractivity contribution < 1.29 is 24.2 Å². The van der Waals surface area contributed by atoms with Gasteiger partial charge in [0.2, 0.25) is 0 Å². The van der Waals surface area contributed by atoms with Crippen molar-refractivity contribution in [1.29, 1.82) is 0 Å². The normalized spacial score (nSPS) is 17.4. The highest BCUT2D eigenvalue weighted by molar-refractivity contribution is 5.86. The van der Waals surface area contributed by atoms with Crippen LogP contribution in [0.3, 0.4) is 0 Å². The lowest BCUT2D eigenvalue weighted by atomic mass is 9.93. The van der Waals surface area contributed by atoms with E-state index >= 15 is 0 Å². The van der Waals surface area contributed by atoms with Gasteiger partial charge < -0.3 is 14.6 Å². The molecule has 1 unspecified atom stereocenters. The number of hydrogen-bond donors (Lipinski definition) is 1. The Morgan fingerprint density at radius 2 is 1.77 bits per heavy atom. The van der Waals surface area contributed by atoms with E-state index in [1.807, 2.05) is 31.2 Å². The van der Waals surface area contributed by atoms with E-state index in [2.05, 4.69) is 45.9 Å². The fourth-order valence-corrected chi connectivity index (χ4v) is 4.08. The molecule has 1 aromatic rings. The quantitative estimate of drug-likeness (QED) is 0.109. The summed E-state index contributed by atoms with van der Waals surface area (Å²) in [5.74, 6) is 0.194. The first kappa shape index (κ1) is 28.2. The van der Waals surface area contributed by atoms with E-state index in [1.165, 1.54) is 18.1 Å². The zero-order valence-electron chi connectivity index (χ0n) is 22.1. The fourth-order valence-electron chi connectivity index (χ4n) is 4.08. The molecule has 0 bridgehead atoms. The van der Waals surface area contributed by atoms with Crippen LogP contribution < -0.4 is 9.47 Å². The van der Waals surface area contributed by atoms with Gasteiger partial charge in [0.25, 0.3) is 0 Å². The summed E-state index contributed by atoms with van der Waals surface area (Å²) in [6.07, 6.45) is 16.0. The molecule has 5 nitrogen and oxygen atoms in total. The van der Waals surface area contributed by atoms with Gasteiger partial charge in [0.05, 0.1) is 0 Å². The molecule has 0 radical (unpaired) electrons. The molecule has 2 rings (SSSR count). The lowest BCUT2D eigenvalue weighted by Crippen LogP contribution is -2.32. The summed E-state index contributed by atoms with van der Waals surface area (Å²) in [4.78, 5) is 22.8. The zero-order chi connectivity index (χ0) is 26.0. The van der Waals surface area contributed by atoms with E-state index in [0.29, 0.717) is 17.7 Å². The van der Waals surface area contributed by atoms with E-state index in [0.717, 1.165) is 55.4 Å². The van der Waals surface area contributed by atoms with Crippen LogP contribution in [0.1, 0.15) is 90.7 Å². The SMILES string of the molecule is CC(=O)Oc1cc(C)c2c(c1)C=CC(C)(CC/C=C(\C)CC/C=C(/CCCC=C(C)C)C(=O)O)O2. The number of rotatable bonds is 12. The Balaban J connectivity index is 1.88. The molecule has 1 aliphatic heterocycles. The number of aryl methyl sites for hydroxylation is 1. The number of benzene rings is 1. The number of aliphatic carboxylic acids is 1. The first-order chi connectivity index (χ1) is 16.5. The number of unbranched alkanes of at least 4 members (excludes halogenated alkanes) is 1. The molecule has 5 heteroatoms. The van der Waals surface area contributed by atoms with Crippen LogP contribution in [0.5, 0.6) is 11.5 Å². The highest BCUT2D eigenvalue weighted by Crippen LogP contribution is 2.38. The highest BCUT2D eigenvalue weighted by Gasteiger charge is 2.28. The molecule has 35 heavy (non-hydrogen) atoms. The number of esters is 1. The second-order valence-corrected chi connectivity index (χ2v) is 9.84. The lowest BCUT2D eigenvalue weighted by molar-refractivity contribution is -0.133. The maximum Gasteiger partial charge on any atom is 0.331 e. The summed E-state index contributed by atoms with van der Waals surface area (Å²) in [7, 11) is 0. The molecule has 1 atom stereocenters. The van der Waals surface area contributed by atoms with Crippen LogP contribution in [0.4, 0.5) is 0 Å². The number of hydrogen-bond acceptors (Lipinski definition) is 4. The maximum atomic E-state index is 11.5.